The SMILES string of the molecule is CCCCC(CCC)CN=C(NCC)NC1CCC(O)CC1. The molecule has 4 nitrogen and oxygen atoms in total. The van der Waals surface area contributed by atoms with E-state index in [4.69, 9.17) is 4.99 Å². The van der Waals surface area contributed by atoms with Crippen molar-refractivity contribution in [1.29, 1.82) is 0 Å². The van der Waals surface area contributed by atoms with E-state index in [1.54, 1.807) is 0 Å². The van der Waals surface area contributed by atoms with Crippen LogP contribution in [-0.2, 0) is 0 Å². The number of rotatable bonds is 9. The lowest BCUT2D eigenvalue weighted by Crippen LogP contribution is -2.45. The van der Waals surface area contributed by atoms with Crippen LogP contribution in [0.3, 0.4) is 0 Å². The quantitative estimate of drug-likeness (QED) is 0.451. The highest BCUT2D eigenvalue weighted by Crippen LogP contribution is 2.18. The van der Waals surface area contributed by atoms with E-state index in [-0.39, 0.29) is 6.10 Å². The van der Waals surface area contributed by atoms with Crippen LogP contribution in [0.25, 0.3) is 0 Å². The van der Waals surface area contributed by atoms with Crippen molar-refractivity contribution < 1.29 is 5.11 Å². The highest BCUT2D eigenvalue weighted by molar-refractivity contribution is 5.80. The highest BCUT2D eigenvalue weighted by Gasteiger charge is 2.20. The van der Waals surface area contributed by atoms with Crippen molar-refractivity contribution in [3.8, 4) is 0 Å². The monoisotopic (exact) mass is 311 g/mol. The number of aliphatic hydroxyl groups is 1. The van der Waals surface area contributed by atoms with Gasteiger partial charge in [0.1, 0.15) is 0 Å². The fourth-order valence-electron chi connectivity index (χ4n) is 3.18. The molecule has 0 aromatic carbocycles. The van der Waals surface area contributed by atoms with Gasteiger partial charge in [0.05, 0.1) is 6.10 Å². The molecule has 0 amide bonds. The lowest BCUT2D eigenvalue weighted by Gasteiger charge is -2.28. The Labute approximate surface area is 137 Å². The van der Waals surface area contributed by atoms with Crippen LogP contribution >= 0.6 is 0 Å². The smallest absolute Gasteiger partial charge is 0.191 e. The van der Waals surface area contributed by atoms with E-state index >= 15 is 0 Å². The van der Waals surface area contributed by atoms with Crippen LogP contribution in [0.5, 0.6) is 0 Å². The second-order valence-electron chi connectivity index (χ2n) is 6.67. The number of unbranched alkanes of at least 4 members (excludes halogenated alkanes) is 1. The Hall–Kier alpha value is -0.770. The lowest BCUT2D eigenvalue weighted by atomic mass is 9.93. The third kappa shape index (κ3) is 8.02. The number of aliphatic hydroxyl groups excluding tert-OH is 1. The van der Waals surface area contributed by atoms with Crippen molar-refractivity contribution in [3.05, 3.63) is 0 Å². The van der Waals surface area contributed by atoms with Gasteiger partial charge in [-0.2, -0.15) is 0 Å². The van der Waals surface area contributed by atoms with Gasteiger partial charge in [-0.25, -0.2) is 0 Å². The summed E-state index contributed by atoms with van der Waals surface area (Å²) in [5.41, 5.74) is 0. The van der Waals surface area contributed by atoms with Crippen molar-refractivity contribution in [2.75, 3.05) is 13.1 Å². The summed E-state index contributed by atoms with van der Waals surface area (Å²) in [5.74, 6) is 1.68. The molecule has 4 heteroatoms. The average molecular weight is 312 g/mol. The minimum absolute atomic E-state index is 0.0967. The standard InChI is InChI=1S/C18H37N3O/c1-4-7-9-15(8-5-2)14-20-18(19-6-3)21-16-10-12-17(22)13-11-16/h15-17,22H,4-14H2,1-3H3,(H2,19,20,21). The van der Waals surface area contributed by atoms with Gasteiger partial charge in [0.15, 0.2) is 5.96 Å². The predicted octanol–water partition coefficient (Wildman–Crippen LogP) is 3.45. The molecular weight excluding hydrogens is 274 g/mol. The van der Waals surface area contributed by atoms with E-state index in [1.807, 2.05) is 0 Å². The number of aliphatic imine (C=N–C) groups is 1. The van der Waals surface area contributed by atoms with E-state index in [9.17, 15) is 5.11 Å². The molecule has 0 aliphatic heterocycles. The molecule has 0 saturated heterocycles. The zero-order valence-corrected chi connectivity index (χ0v) is 14.9. The van der Waals surface area contributed by atoms with Gasteiger partial charge < -0.3 is 15.7 Å². The van der Waals surface area contributed by atoms with Gasteiger partial charge in [0.25, 0.3) is 0 Å². The molecule has 1 atom stereocenters. The van der Waals surface area contributed by atoms with E-state index in [1.165, 1.54) is 32.1 Å². The van der Waals surface area contributed by atoms with E-state index in [0.717, 1.165) is 44.7 Å². The van der Waals surface area contributed by atoms with Gasteiger partial charge in [0.2, 0.25) is 0 Å². The highest BCUT2D eigenvalue weighted by atomic mass is 16.3. The molecule has 0 bridgehead atoms. The van der Waals surface area contributed by atoms with Gasteiger partial charge in [-0.15, -0.1) is 0 Å². The maximum atomic E-state index is 9.61. The normalized spacial score (nSPS) is 24.1. The van der Waals surface area contributed by atoms with Gasteiger partial charge in [-0.1, -0.05) is 33.1 Å². The number of nitrogens with one attached hydrogen (secondary N) is 2. The van der Waals surface area contributed by atoms with Crippen molar-refractivity contribution in [1.82, 2.24) is 10.6 Å². The summed E-state index contributed by atoms with van der Waals surface area (Å²) in [4.78, 5) is 4.83. The lowest BCUT2D eigenvalue weighted by molar-refractivity contribution is 0.120. The van der Waals surface area contributed by atoms with Crippen LogP contribution in [0, 0.1) is 5.92 Å². The van der Waals surface area contributed by atoms with Crippen molar-refractivity contribution in [3.63, 3.8) is 0 Å². The molecule has 1 unspecified atom stereocenters. The van der Waals surface area contributed by atoms with Crippen LogP contribution in [0.15, 0.2) is 4.99 Å². The van der Waals surface area contributed by atoms with Crippen LogP contribution in [0.4, 0.5) is 0 Å². The van der Waals surface area contributed by atoms with E-state index in [0.29, 0.717) is 12.0 Å². The molecule has 0 aromatic heterocycles. The first kappa shape index (κ1) is 19.3. The summed E-state index contributed by atoms with van der Waals surface area (Å²) in [6, 6.07) is 0.460. The maximum absolute atomic E-state index is 9.61. The van der Waals surface area contributed by atoms with Gasteiger partial charge in [0, 0.05) is 19.1 Å². The molecule has 0 heterocycles. The molecule has 1 aliphatic carbocycles. The fraction of sp³-hybridized carbons (Fsp3) is 0.944. The Balaban J connectivity index is 2.48. The first-order valence-electron chi connectivity index (χ1n) is 9.42. The summed E-state index contributed by atoms with van der Waals surface area (Å²) in [5, 5.41) is 16.5. The summed E-state index contributed by atoms with van der Waals surface area (Å²) in [6.45, 7) is 8.46. The second-order valence-corrected chi connectivity index (χ2v) is 6.67. The minimum atomic E-state index is -0.0967. The third-order valence-corrected chi connectivity index (χ3v) is 4.55. The number of hydrogen-bond acceptors (Lipinski definition) is 2. The summed E-state index contributed by atoms with van der Waals surface area (Å²) >= 11 is 0. The van der Waals surface area contributed by atoms with Crippen LogP contribution in [-0.4, -0.2) is 36.3 Å². The van der Waals surface area contributed by atoms with Crippen LogP contribution in [0.2, 0.25) is 0 Å². The molecule has 3 N–H and O–H groups in total. The van der Waals surface area contributed by atoms with Crippen LogP contribution in [0.1, 0.15) is 78.6 Å². The zero-order chi connectivity index (χ0) is 16.2. The number of hydrogen-bond donors (Lipinski definition) is 3. The maximum Gasteiger partial charge on any atom is 0.191 e. The Kier molecular flexibility index (Phi) is 10.3. The molecule has 0 radical (unpaired) electrons. The fourth-order valence-corrected chi connectivity index (χ4v) is 3.18. The Morgan fingerprint density at radius 3 is 2.41 bits per heavy atom. The summed E-state index contributed by atoms with van der Waals surface area (Å²) in [6.07, 6.45) is 10.2. The molecule has 22 heavy (non-hydrogen) atoms. The summed E-state index contributed by atoms with van der Waals surface area (Å²) in [7, 11) is 0. The topological polar surface area (TPSA) is 56.7 Å². The van der Waals surface area contributed by atoms with Crippen molar-refractivity contribution in [2.24, 2.45) is 10.9 Å². The molecule has 130 valence electrons. The molecule has 1 aliphatic rings. The summed E-state index contributed by atoms with van der Waals surface area (Å²) < 4.78 is 0. The van der Waals surface area contributed by atoms with Crippen LogP contribution < -0.4 is 10.6 Å². The van der Waals surface area contributed by atoms with Gasteiger partial charge in [-0.3, -0.25) is 4.99 Å². The molecule has 1 rings (SSSR count). The second kappa shape index (κ2) is 11.8. The van der Waals surface area contributed by atoms with E-state index < -0.39 is 0 Å². The Bertz CT molecular complexity index is 299. The van der Waals surface area contributed by atoms with Crippen molar-refractivity contribution in [2.45, 2.75) is 90.7 Å². The zero-order valence-electron chi connectivity index (χ0n) is 14.9. The molecular formula is C18H37N3O. The van der Waals surface area contributed by atoms with E-state index in [2.05, 4.69) is 31.4 Å². The largest absolute Gasteiger partial charge is 0.393 e. The molecule has 1 saturated carbocycles. The number of nitrogens with zero attached hydrogens (tertiary/aromatic N) is 1. The van der Waals surface area contributed by atoms with Crippen molar-refractivity contribution >= 4 is 5.96 Å². The Morgan fingerprint density at radius 2 is 1.82 bits per heavy atom. The Morgan fingerprint density at radius 1 is 1.09 bits per heavy atom. The minimum Gasteiger partial charge on any atom is -0.393 e. The molecule has 0 spiro atoms. The van der Waals surface area contributed by atoms with Gasteiger partial charge >= 0.3 is 0 Å². The third-order valence-electron chi connectivity index (χ3n) is 4.55. The first-order chi connectivity index (χ1) is 10.7. The number of guanidine groups is 1. The molecule has 0 aromatic rings. The average Bonchev–Trinajstić information content (AvgIpc) is 2.52. The van der Waals surface area contributed by atoms with Gasteiger partial charge in [-0.05, 0) is 51.4 Å². The molecule has 1 fully saturated rings. The first-order valence-corrected chi connectivity index (χ1v) is 9.42. The predicted molar refractivity (Wildman–Crippen MR) is 95.3 cm³/mol.